The van der Waals surface area contributed by atoms with Gasteiger partial charge in [0.05, 0.1) is 0 Å². The zero-order chi connectivity index (χ0) is 13.7. The second kappa shape index (κ2) is 6.58. The van der Waals surface area contributed by atoms with E-state index >= 15 is 0 Å². The van der Waals surface area contributed by atoms with Crippen molar-refractivity contribution in [3.8, 4) is 0 Å². The second-order valence-electron chi connectivity index (χ2n) is 4.98. The molecule has 0 spiro atoms. The van der Waals surface area contributed by atoms with Gasteiger partial charge < -0.3 is 20.2 Å². The molecule has 0 bridgehead atoms. The Morgan fingerprint density at radius 1 is 1.50 bits per heavy atom. The van der Waals surface area contributed by atoms with Crippen LogP contribution in [0.2, 0.25) is 0 Å². The molecule has 1 aliphatic rings. The number of rotatable bonds is 5. The monoisotopic (exact) mass is 257 g/mol. The van der Waals surface area contributed by atoms with Crippen LogP contribution in [0.4, 0.5) is 4.79 Å². The van der Waals surface area contributed by atoms with Gasteiger partial charge in [-0.3, -0.25) is 0 Å². The number of carboxylic acids is 1. The largest absolute Gasteiger partial charge is 0.480 e. The highest BCUT2D eigenvalue weighted by atomic mass is 16.4. The molecular formula is C12H23N3O3. The van der Waals surface area contributed by atoms with Crippen molar-refractivity contribution in [3.05, 3.63) is 0 Å². The molecule has 2 atom stereocenters. The Morgan fingerprint density at radius 3 is 2.61 bits per heavy atom. The molecule has 1 saturated heterocycles. The average molecular weight is 257 g/mol. The van der Waals surface area contributed by atoms with Gasteiger partial charge in [-0.1, -0.05) is 13.3 Å². The number of nitrogens with one attached hydrogen (secondary N) is 1. The number of amides is 2. The van der Waals surface area contributed by atoms with E-state index in [-0.39, 0.29) is 6.03 Å². The summed E-state index contributed by atoms with van der Waals surface area (Å²) in [7, 11) is 3.98. The molecule has 2 amide bonds. The fraction of sp³-hybridized carbons (Fsp3) is 0.833. The summed E-state index contributed by atoms with van der Waals surface area (Å²) in [6.45, 7) is 3.25. The quantitative estimate of drug-likeness (QED) is 0.756. The summed E-state index contributed by atoms with van der Waals surface area (Å²) in [6, 6.07) is -0.675. The van der Waals surface area contributed by atoms with Crippen LogP contribution in [0.15, 0.2) is 0 Å². The van der Waals surface area contributed by atoms with Crippen molar-refractivity contribution in [1.82, 2.24) is 15.1 Å². The summed E-state index contributed by atoms with van der Waals surface area (Å²) in [5.74, 6) is -0.964. The minimum atomic E-state index is -0.964. The van der Waals surface area contributed by atoms with Crippen LogP contribution in [0.3, 0.4) is 0 Å². The number of aliphatic carboxylic acids is 1. The highest BCUT2D eigenvalue weighted by Gasteiger charge is 2.29. The van der Waals surface area contributed by atoms with Gasteiger partial charge in [0.1, 0.15) is 6.04 Å². The third-order valence-electron chi connectivity index (χ3n) is 3.35. The molecule has 1 rings (SSSR count). The lowest BCUT2D eigenvalue weighted by Crippen LogP contribution is -2.47. The summed E-state index contributed by atoms with van der Waals surface area (Å²) in [4.78, 5) is 26.7. The maximum atomic E-state index is 11.9. The summed E-state index contributed by atoms with van der Waals surface area (Å²) >= 11 is 0. The van der Waals surface area contributed by atoms with Crippen molar-refractivity contribution in [3.63, 3.8) is 0 Å². The van der Waals surface area contributed by atoms with Gasteiger partial charge in [-0.05, 0) is 26.9 Å². The number of hydrogen-bond acceptors (Lipinski definition) is 3. The summed E-state index contributed by atoms with van der Waals surface area (Å²) in [6.07, 6.45) is 2.13. The fourth-order valence-electron chi connectivity index (χ4n) is 2.13. The first kappa shape index (κ1) is 14.8. The predicted octanol–water partition coefficient (Wildman–Crippen LogP) is 0.585. The van der Waals surface area contributed by atoms with E-state index in [0.29, 0.717) is 25.6 Å². The molecule has 104 valence electrons. The van der Waals surface area contributed by atoms with Gasteiger partial charge in [-0.25, -0.2) is 9.59 Å². The Hall–Kier alpha value is -1.30. The van der Waals surface area contributed by atoms with Crippen molar-refractivity contribution in [2.45, 2.75) is 38.3 Å². The van der Waals surface area contributed by atoms with Gasteiger partial charge in [0.25, 0.3) is 0 Å². The number of likely N-dealkylation sites (N-methyl/N-ethyl adjacent to an activating group) is 1. The van der Waals surface area contributed by atoms with E-state index < -0.39 is 12.0 Å². The van der Waals surface area contributed by atoms with Crippen LogP contribution in [-0.4, -0.2) is 66.2 Å². The van der Waals surface area contributed by atoms with E-state index in [9.17, 15) is 9.59 Å². The number of carboxylic acid groups (broad SMARTS) is 1. The minimum Gasteiger partial charge on any atom is -0.480 e. The molecule has 1 heterocycles. The third-order valence-corrected chi connectivity index (χ3v) is 3.35. The maximum absolute atomic E-state index is 11.9. The summed E-state index contributed by atoms with van der Waals surface area (Å²) < 4.78 is 0. The molecule has 0 aromatic carbocycles. The fourth-order valence-corrected chi connectivity index (χ4v) is 2.13. The van der Waals surface area contributed by atoms with Gasteiger partial charge in [0.15, 0.2) is 0 Å². The van der Waals surface area contributed by atoms with Crippen LogP contribution in [0.5, 0.6) is 0 Å². The van der Waals surface area contributed by atoms with E-state index in [1.54, 1.807) is 4.90 Å². The van der Waals surface area contributed by atoms with Gasteiger partial charge >= 0.3 is 12.0 Å². The molecule has 1 aliphatic heterocycles. The zero-order valence-corrected chi connectivity index (χ0v) is 11.3. The van der Waals surface area contributed by atoms with Crippen molar-refractivity contribution in [1.29, 1.82) is 0 Å². The van der Waals surface area contributed by atoms with E-state index in [1.807, 2.05) is 21.0 Å². The van der Waals surface area contributed by atoms with Crippen LogP contribution >= 0.6 is 0 Å². The Kier molecular flexibility index (Phi) is 5.40. The van der Waals surface area contributed by atoms with Gasteiger partial charge in [-0.2, -0.15) is 0 Å². The molecule has 0 radical (unpaired) electrons. The normalized spacial score (nSPS) is 21.1. The standard InChI is InChI=1S/C12H23N3O3/c1-4-5-10(11(16)17)13-12(18)15-7-6-9(8-15)14(2)3/h9-10H,4-8H2,1-3H3,(H,13,18)(H,16,17)/t9?,10-/m1/s1. The van der Waals surface area contributed by atoms with E-state index in [2.05, 4.69) is 10.2 Å². The van der Waals surface area contributed by atoms with E-state index in [4.69, 9.17) is 5.11 Å². The highest BCUT2D eigenvalue weighted by molar-refractivity contribution is 5.82. The van der Waals surface area contributed by atoms with Crippen molar-refractivity contribution < 1.29 is 14.7 Å². The molecule has 18 heavy (non-hydrogen) atoms. The van der Waals surface area contributed by atoms with E-state index in [1.165, 1.54) is 0 Å². The molecule has 6 nitrogen and oxygen atoms in total. The molecule has 2 N–H and O–H groups in total. The second-order valence-corrected chi connectivity index (χ2v) is 4.98. The smallest absolute Gasteiger partial charge is 0.326 e. The molecule has 0 aromatic heterocycles. The summed E-state index contributed by atoms with van der Waals surface area (Å²) in [5, 5.41) is 11.6. The Bertz CT molecular complexity index is 307. The van der Waals surface area contributed by atoms with Crippen LogP contribution in [0, 0.1) is 0 Å². The lowest BCUT2D eigenvalue weighted by atomic mass is 10.2. The Balaban J connectivity index is 2.48. The SMILES string of the molecule is CCC[C@@H](NC(=O)N1CCC(N(C)C)C1)C(=O)O. The van der Waals surface area contributed by atoms with Crippen molar-refractivity contribution >= 4 is 12.0 Å². The average Bonchev–Trinajstić information content (AvgIpc) is 2.77. The van der Waals surface area contributed by atoms with Gasteiger partial charge in [-0.15, -0.1) is 0 Å². The van der Waals surface area contributed by atoms with Crippen LogP contribution < -0.4 is 5.32 Å². The number of likely N-dealkylation sites (tertiary alicyclic amines) is 1. The number of nitrogens with zero attached hydrogens (tertiary/aromatic N) is 2. The molecule has 6 heteroatoms. The predicted molar refractivity (Wildman–Crippen MR) is 68.5 cm³/mol. The maximum Gasteiger partial charge on any atom is 0.326 e. The number of urea groups is 1. The number of carbonyl (C=O) groups excluding carboxylic acids is 1. The first-order valence-corrected chi connectivity index (χ1v) is 6.40. The Morgan fingerprint density at radius 2 is 2.17 bits per heavy atom. The molecule has 0 saturated carbocycles. The molecule has 0 aliphatic carbocycles. The van der Waals surface area contributed by atoms with Crippen LogP contribution in [0.1, 0.15) is 26.2 Å². The molecular weight excluding hydrogens is 234 g/mol. The van der Waals surface area contributed by atoms with Crippen LogP contribution in [-0.2, 0) is 4.79 Å². The molecule has 0 aromatic rings. The van der Waals surface area contributed by atoms with Gasteiger partial charge in [0, 0.05) is 19.1 Å². The molecule has 1 unspecified atom stereocenters. The lowest BCUT2D eigenvalue weighted by Gasteiger charge is -2.22. The summed E-state index contributed by atoms with van der Waals surface area (Å²) in [5.41, 5.74) is 0. The minimum absolute atomic E-state index is 0.264. The first-order valence-electron chi connectivity index (χ1n) is 6.40. The highest BCUT2D eigenvalue weighted by Crippen LogP contribution is 2.13. The number of hydrogen-bond donors (Lipinski definition) is 2. The lowest BCUT2D eigenvalue weighted by molar-refractivity contribution is -0.139. The van der Waals surface area contributed by atoms with Crippen LogP contribution in [0.25, 0.3) is 0 Å². The Labute approximate surface area is 108 Å². The van der Waals surface area contributed by atoms with Crippen molar-refractivity contribution in [2.24, 2.45) is 0 Å². The zero-order valence-electron chi connectivity index (χ0n) is 11.3. The molecule has 1 fully saturated rings. The first-order chi connectivity index (χ1) is 8.45. The van der Waals surface area contributed by atoms with Crippen molar-refractivity contribution in [2.75, 3.05) is 27.2 Å². The number of carbonyl (C=O) groups is 2. The third kappa shape index (κ3) is 3.87. The van der Waals surface area contributed by atoms with E-state index in [0.717, 1.165) is 12.8 Å². The van der Waals surface area contributed by atoms with Gasteiger partial charge in [0.2, 0.25) is 0 Å². The topological polar surface area (TPSA) is 72.9 Å².